The molecular formula is C24H25BrN2O2. The van der Waals surface area contributed by atoms with Crippen LogP contribution in [0.15, 0.2) is 52.6 Å². The Labute approximate surface area is 180 Å². The number of piperidine rings is 1. The van der Waals surface area contributed by atoms with E-state index in [1.54, 1.807) is 6.07 Å². The quantitative estimate of drug-likeness (QED) is 0.609. The van der Waals surface area contributed by atoms with Gasteiger partial charge >= 0.3 is 0 Å². The lowest BCUT2D eigenvalue weighted by Crippen LogP contribution is -2.38. The minimum Gasteiger partial charge on any atom is -0.366 e. The first kappa shape index (κ1) is 19.9. The van der Waals surface area contributed by atoms with Gasteiger partial charge in [-0.3, -0.25) is 9.59 Å². The Hall–Kier alpha value is -2.40. The van der Waals surface area contributed by atoms with Gasteiger partial charge in [0.2, 0.25) is 0 Å². The molecule has 0 unspecified atom stereocenters. The summed E-state index contributed by atoms with van der Waals surface area (Å²) in [5, 5.41) is 0. The highest BCUT2D eigenvalue weighted by molar-refractivity contribution is 9.10. The number of hydrogen-bond donors (Lipinski definition) is 0. The highest BCUT2D eigenvalue weighted by atomic mass is 79.9. The molecule has 4 nitrogen and oxygen atoms in total. The normalized spacial score (nSPS) is 18.2. The van der Waals surface area contributed by atoms with Crippen LogP contribution < -0.4 is 4.90 Å². The average Bonchev–Trinajstić information content (AvgIpc) is 2.93. The number of aryl methyl sites for hydroxylation is 2. The van der Waals surface area contributed by atoms with Gasteiger partial charge in [0, 0.05) is 17.6 Å². The van der Waals surface area contributed by atoms with E-state index in [4.69, 9.17) is 0 Å². The molecule has 2 amide bonds. The maximum absolute atomic E-state index is 13.6. The number of benzene rings is 2. The van der Waals surface area contributed by atoms with Gasteiger partial charge in [-0.15, -0.1) is 0 Å². The molecule has 4 rings (SSSR count). The topological polar surface area (TPSA) is 40.6 Å². The van der Waals surface area contributed by atoms with Crippen molar-refractivity contribution < 1.29 is 9.59 Å². The number of likely N-dealkylation sites (tertiary alicyclic amines) is 1. The zero-order chi connectivity index (χ0) is 20.7. The van der Waals surface area contributed by atoms with Crippen LogP contribution in [-0.2, 0) is 9.59 Å². The molecule has 2 aromatic rings. The third-order valence-electron chi connectivity index (χ3n) is 5.88. The molecule has 0 spiro atoms. The zero-order valence-corrected chi connectivity index (χ0v) is 18.6. The second-order valence-corrected chi connectivity index (χ2v) is 9.05. The Morgan fingerprint density at radius 3 is 2.34 bits per heavy atom. The van der Waals surface area contributed by atoms with E-state index in [9.17, 15) is 9.59 Å². The second kappa shape index (κ2) is 7.79. The van der Waals surface area contributed by atoms with Gasteiger partial charge in [-0.2, -0.15) is 0 Å². The molecule has 1 saturated heterocycles. The van der Waals surface area contributed by atoms with Crippen LogP contribution in [0.1, 0.15) is 36.5 Å². The van der Waals surface area contributed by atoms with E-state index < -0.39 is 0 Å². The maximum Gasteiger partial charge on any atom is 0.282 e. The summed E-state index contributed by atoms with van der Waals surface area (Å²) in [5.41, 5.74) is 4.67. The van der Waals surface area contributed by atoms with Crippen LogP contribution in [0.4, 0.5) is 5.69 Å². The van der Waals surface area contributed by atoms with Crippen molar-refractivity contribution in [3.05, 3.63) is 69.3 Å². The number of imide groups is 1. The summed E-state index contributed by atoms with van der Waals surface area (Å²) in [7, 11) is 0. The molecule has 29 heavy (non-hydrogen) atoms. The first-order valence-corrected chi connectivity index (χ1v) is 10.9. The molecule has 150 valence electrons. The van der Waals surface area contributed by atoms with E-state index in [0.717, 1.165) is 47.1 Å². The number of hydrogen-bond acceptors (Lipinski definition) is 3. The number of halogens is 1. The van der Waals surface area contributed by atoms with Gasteiger partial charge in [0.25, 0.3) is 11.8 Å². The molecule has 2 aromatic carbocycles. The summed E-state index contributed by atoms with van der Waals surface area (Å²) in [6, 6.07) is 13.4. The molecule has 0 atom stereocenters. The van der Waals surface area contributed by atoms with Crippen LogP contribution in [-0.4, -0.2) is 29.8 Å². The van der Waals surface area contributed by atoms with Crippen molar-refractivity contribution in [3.63, 3.8) is 0 Å². The SMILES string of the molecule is Cc1ccc(C2=C(N3CCC(C)CC3)C(=O)N(c3cccc(Br)c3)C2=O)c(C)c1. The fraction of sp³-hybridized carbons (Fsp3) is 0.333. The average molecular weight is 453 g/mol. The van der Waals surface area contributed by atoms with Gasteiger partial charge in [0.05, 0.1) is 11.3 Å². The zero-order valence-electron chi connectivity index (χ0n) is 17.0. The number of rotatable bonds is 3. The lowest BCUT2D eigenvalue weighted by atomic mass is 9.95. The fourth-order valence-electron chi connectivity index (χ4n) is 4.23. The molecule has 0 bridgehead atoms. The molecule has 2 heterocycles. The lowest BCUT2D eigenvalue weighted by Gasteiger charge is -2.32. The Bertz CT molecular complexity index is 1020. The minimum absolute atomic E-state index is 0.224. The summed E-state index contributed by atoms with van der Waals surface area (Å²) < 4.78 is 0.837. The van der Waals surface area contributed by atoms with Crippen molar-refractivity contribution in [1.82, 2.24) is 4.90 Å². The first-order chi connectivity index (χ1) is 13.9. The molecule has 0 aromatic heterocycles. The van der Waals surface area contributed by atoms with Crippen LogP contribution >= 0.6 is 15.9 Å². The standard InChI is InChI=1S/C24H25BrN2O2/c1-15-9-11-26(12-10-15)22-21(20-8-7-16(2)13-17(20)3)23(28)27(24(22)29)19-6-4-5-18(25)14-19/h4-8,13-15H,9-12H2,1-3H3. The molecular weight excluding hydrogens is 428 g/mol. The van der Waals surface area contributed by atoms with Crippen LogP contribution in [0, 0.1) is 19.8 Å². The monoisotopic (exact) mass is 452 g/mol. The molecule has 0 N–H and O–H groups in total. The van der Waals surface area contributed by atoms with Crippen molar-refractivity contribution >= 4 is 39.0 Å². The van der Waals surface area contributed by atoms with Crippen molar-refractivity contribution in [3.8, 4) is 0 Å². The summed E-state index contributed by atoms with van der Waals surface area (Å²) in [4.78, 5) is 30.6. The van der Waals surface area contributed by atoms with E-state index in [-0.39, 0.29) is 11.8 Å². The number of carbonyl (C=O) groups excluding carboxylic acids is 2. The predicted octanol–water partition coefficient (Wildman–Crippen LogP) is 5.08. The lowest BCUT2D eigenvalue weighted by molar-refractivity contribution is -0.120. The van der Waals surface area contributed by atoms with Crippen molar-refractivity contribution in [2.75, 3.05) is 18.0 Å². The van der Waals surface area contributed by atoms with Crippen molar-refractivity contribution in [1.29, 1.82) is 0 Å². The van der Waals surface area contributed by atoms with Crippen LogP contribution in [0.5, 0.6) is 0 Å². The van der Waals surface area contributed by atoms with E-state index in [2.05, 4.69) is 33.8 Å². The Morgan fingerprint density at radius 1 is 0.966 bits per heavy atom. The Balaban J connectivity index is 1.85. The van der Waals surface area contributed by atoms with Crippen LogP contribution in [0.25, 0.3) is 5.57 Å². The number of anilines is 1. The second-order valence-electron chi connectivity index (χ2n) is 8.14. The van der Waals surface area contributed by atoms with Gasteiger partial charge in [-0.1, -0.05) is 52.7 Å². The summed E-state index contributed by atoms with van der Waals surface area (Å²) >= 11 is 3.45. The van der Waals surface area contributed by atoms with Gasteiger partial charge in [0.15, 0.2) is 0 Å². The van der Waals surface area contributed by atoms with E-state index in [1.807, 2.05) is 44.2 Å². The number of amides is 2. The van der Waals surface area contributed by atoms with Crippen LogP contribution in [0.3, 0.4) is 0 Å². The molecule has 0 aliphatic carbocycles. The van der Waals surface area contributed by atoms with Crippen LogP contribution in [0.2, 0.25) is 0 Å². The Kier molecular flexibility index (Phi) is 5.34. The van der Waals surface area contributed by atoms with Gasteiger partial charge in [-0.05, 0) is 61.9 Å². The van der Waals surface area contributed by atoms with E-state index >= 15 is 0 Å². The van der Waals surface area contributed by atoms with E-state index in [1.165, 1.54) is 4.90 Å². The Morgan fingerprint density at radius 2 is 1.69 bits per heavy atom. The third kappa shape index (κ3) is 3.64. The molecule has 5 heteroatoms. The molecule has 1 fully saturated rings. The molecule has 0 radical (unpaired) electrons. The summed E-state index contributed by atoms with van der Waals surface area (Å²) in [5.74, 6) is 0.177. The van der Waals surface area contributed by atoms with E-state index in [0.29, 0.717) is 22.9 Å². The summed E-state index contributed by atoms with van der Waals surface area (Å²) in [6.07, 6.45) is 2.06. The predicted molar refractivity (Wildman–Crippen MR) is 119 cm³/mol. The molecule has 2 aliphatic rings. The van der Waals surface area contributed by atoms with Gasteiger partial charge in [-0.25, -0.2) is 4.90 Å². The molecule has 0 saturated carbocycles. The van der Waals surface area contributed by atoms with Gasteiger partial charge in [0.1, 0.15) is 5.70 Å². The largest absolute Gasteiger partial charge is 0.366 e. The smallest absolute Gasteiger partial charge is 0.282 e. The fourth-order valence-corrected chi connectivity index (χ4v) is 4.62. The number of carbonyl (C=O) groups is 2. The first-order valence-electron chi connectivity index (χ1n) is 10.1. The third-order valence-corrected chi connectivity index (χ3v) is 6.37. The van der Waals surface area contributed by atoms with Crippen molar-refractivity contribution in [2.24, 2.45) is 5.92 Å². The number of nitrogens with zero attached hydrogens (tertiary/aromatic N) is 2. The van der Waals surface area contributed by atoms with Crippen molar-refractivity contribution in [2.45, 2.75) is 33.6 Å². The highest BCUT2D eigenvalue weighted by Crippen LogP contribution is 2.38. The minimum atomic E-state index is -0.242. The summed E-state index contributed by atoms with van der Waals surface area (Å²) in [6.45, 7) is 7.89. The molecule has 2 aliphatic heterocycles. The van der Waals surface area contributed by atoms with Gasteiger partial charge < -0.3 is 4.90 Å². The maximum atomic E-state index is 13.6. The highest BCUT2D eigenvalue weighted by Gasteiger charge is 2.43.